The Balaban J connectivity index is 1.99. The molecule has 0 aliphatic rings. The normalized spacial score (nSPS) is 11.7. The second-order valence-corrected chi connectivity index (χ2v) is 8.04. The number of hydrogen-bond donors (Lipinski definition) is 1. The van der Waals surface area contributed by atoms with Crippen molar-refractivity contribution in [1.82, 2.24) is 9.97 Å². The van der Waals surface area contributed by atoms with E-state index >= 15 is 0 Å². The summed E-state index contributed by atoms with van der Waals surface area (Å²) in [6.07, 6.45) is 0. The summed E-state index contributed by atoms with van der Waals surface area (Å²) in [7, 11) is -3.68. The Labute approximate surface area is 143 Å². The molecular weight excluding hydrogens is 445 g/mol. The molecule has 0 aliphatic carbocycles. The largest absolute Gasteiger partial charge is 0.277 e. The van der Waals surface area contributed by atoms with Crippen molar-refractivity contribution in [3.8, 4) is 0 Å². The minimum Gasteiger partial charge on any atom is -0.277 e. The lowest BCUT2D eigenvalue weighted by Gasteiger charge is -2.09. The van der Waals surface area contributed by atoms with E-state index in [1.165, 1.54) is 23.5 Å². The van der Waals surface area contributed by atoms with Gasteiger partial charge in [-0.15, -0.1) is 11.3 Å². The van der Waals surface area contributed by atoms with Crippen LogP contribution in [0.5, 0.6) is 0 Å². The molecule has 9 heteroatoms. The number of anilines is 1. The van der Waals surface area contributed by atoms with E-state index in [0.29, 0.717) is 14.5 Å². The molecular formula is C12H7ClIN3O2S2. The number of sulfonamides is 1. The Bertz CT molecular complexity index is 927. The van der Waals surface area contributed by atoms with Gasteiger partial charge in [0, 0.05) is 0 Å². The van der Waals surface area contributed by atoms with E-state index in [9.17, 15) is 8.42 Å². The number of aromatic nitrogens is 2. The van der Waals surface area contributed by atoms with Crippen molar-refractivity contribution in [2.75, 3.05) is 4.72 Å². The van der Waals surface area contributed by atoms with Gasteiger partial charge < -0.3 is 0 Å². The molecule has 2 heterocycles. The summed E-state index contributed by atoms with van der Waals surface area (Å²) in [5.41, 5.74) is 2.85. The number of nitrogens with zero attached hydrogens (tertiary/aromatic N) is 2. The third-order valence-electron chi connectivity index (χ3n) is 2.67. The zero-order valence-electron chi connectivity index (χ0n) is 10.2. The topological polar surface area (TPSA) is 72.0 Å². The number of nitrogens with one attached hydrogen (secondary N) is 1. The smallest absolute Gasteiger partial charge is 0.262 e. The highest BCUT2D eigenvalue weighted by Gasteiger charge is 2.17. The molecule has 0 saturated carbocycles. The van der Waals surface area contributed by atoms with E-state index in [1.807, 2.05) is 22.6 Å². The molecule has 0 bridgehead atoms. The predicted molar refractivity (Wildman–Crippen MR) is 92.4 cm³/mol. The van der Waals surface area contributed by atoms with Gasteiger partial charge in [-0.2, -0.15) is 0 Å². The Morgan fingerprint density at radius 2 is 2.05 bits per heavy atom. The van der Waals surface area contributed by atoms with Crippen LogP contribution in [0.4, 0.5) is 5.69 Å². The van der Waals surface area contributed by atoms with E-state index in [2.05, 4.69) is 14.7 Å². The average molecular weight is 452 g/mol. The maximum atomic E-state index is 12.4. The molecule has 0 spiro atoms. The van der Waals surface area contributed by atoms with Gasteiger partial charge in [-0.1, -0.05) is 11.6 Å². The van der Waals surface area contributed by atoms with Gasteiger partial charge in [0.05, 0.1) is 26.3 Å². The van der Waals surface area contributed by atoms with Crippen molar-refractivity contribution in [2.24, 2.45) is 0 Å². The molecule has 0 radical (unpaired) electrons. The number of halogens is 2. The van der Waals surface area contributed by atoms with Crippen LogP contribution in [-0.2, 0) is 10.0 Å². The molecule has 3 aromatic rings. The van der Waals surface area contributed by atoms with E-state index in [1.54, 1.807) is 23.7 Å². The molecule has 0 amide bonds. The molecule has 108 valence electrons. The minimum atomic E-state index is -3.68. The third-order valence-corrected chi connectivity index (χ3v) is 5.86. The van der Waals surface area contributed by atoms with E-state index in [-0.39, 0.29) is 4.90 Å². The Morgan fingerprint density at radius 3 is 2.81 bits per heavy atom. The monoisotopic (exact) mass is 451 g/mol. The molecule has 0 atom stereocenters. The summed E-state index contributed by atoms with van der Waals surface area (Å²) in [6.45, 7) is 0. The molecule has 0 saturated heterocycles. The number of fused-ring (bicyclic) bond motifs is 1. The molecule has 0 unspecified atom stereocenters. The van der Waals surface area contributed by atoms with Gasteiger partial charge in [0.15, 0.2) is 0 Å². The van der Waals surface area contributed by atoms with Crippen LogP contribution in [0.3, 0.4) is 0 Å². The van der Waals surface area contributed by atoms with Crippen LogP contribution >= 0.6 is 45.5 Å². The lowest BCUT2D eigenvalue weighted by molar-refractivity contribution is 0.601. The van der Waals surface area contributed by atoms with Gasteiger partial charge in [0.2, 0.25) is 0 Å². The third kappa shape index (κ3) is 3.12. The van der Waals surface area contributed by atoms with Crippen molar-refractivity contribution in [3.05, 3.63) is 44.7 Å². The first-order chi connectivity index (χ1) is 9.95. The van der Waals surface area contributed by atoms with E-state index in [0.717, 1.165) is 10.2 Å². The van der Waals surface area contributed by atoms with Crippen LogP contribution in [0.1, 0.15) is 0 Å². The van der Waals surface area contributed by atoms with Crippen LogP contribution < -0.4 is 4.72 Å². The van der Waals surface area contributed by atoms with Gasteiger partial charge in [-0.3, -0.25) is 4.72 Å². The molecule has 1 N–H and O–H groups in total. The highest BCUT2D eigenvalue weighted by Crippen LogP contribution is 2.25. The van der Waals surface area contributed by atoms with Gasteiger partial charge in [-0.25, -0.2) is 18.4 Å². The second kappa shape index (κ2) is 5.67. The van der Waals surface area contributed by atoms with E-state index < -0.39 is 10.0 Å². The number of benzene rings is 1. The van der Waals surface area contributed by atoms with Crippen molar-refractivity contribution in [1.29, 1.82) is 0 Å². The highest BCUT2D eigenvalue weighted by atomic mass is 127. The maximum absolute atomic E-state index is 12.4. The highest BCUT2D eigenvalue weighted by molar-refractivity contribution is 14.1. The van der Waals surface area contributed by atoms with Crippen LogP contribution in [-0.4, -0.2) is 18.4 Å². The van der Waals surface area contributed by atoms with Crippen molar-refractivity contribution < 1.29 is 8.42 Å². The minimum absolute atomic E-state index is 0.185. The maximum Gasteiger partial charge on any atom is 0.262 e. The number of hydrogen-bond acceptors (Lipinski definition) is 5. The molecule has 0 aliphatic heterocycles. The Kier molecular flexibility index (Phi) is 4.04. The molecule has 3 rings (SSSR count). The first-order valence-corrected chi connectivity index (χ1v) is 9.46. The SMILES string of the molecule is O=S(=O)(Nc1ccc(Cl)nc1I)c1ccc2ncsc2c1. The fourth-order valence-corrected chi connectivity index (χ4v) is 4.63. The predicted octanol–water partition coefficient (Wildman–Crippen LogP) is 3.75. The lowest BCUT2D eigenvalue weighted by Crippen LogP contribution is -2.14. The zero-order chi connectivity index (χ0) is 15.0. The van der Waals surface area contributed by atoms with Gasteiger partial charge in [0.25, 0.3) is 10.0 Å². The van der Waals surface area contributed by atoms with Crippen LogP contribution in [0.25, 0.3) is 10.2 Å². The molecule has 1 aromatic carbocycles. The quantitative estimate of drug-likeness (QED) is 0.486. The standard InChI is InChI=1S/C12H7ClIN3O2S2/c13-11-4-3-9(12(14)16-11)17-21(18,19)7-1-2-8-10(5-7)20-6-15-8/h1-6,17H. The summed E-state index contributed by atoms with van der Waals surface area (Å²) >= 11 is 9.08. The number of thiazole rings is 1. The van der Waals surface area contributed by atoms with Crippen molar-refractivity contribution >= 4 is 71.5 Å². The van der Waals surface area contributed by atoms with Crippen molar-refractivity contribution in [3.63, 3.8) is 0 Å². The van der Waals surface area contributed by atoms with Crippen molar-refractivity contribution in [2.45, 2.75) is 4.90 Å². The summed E-state index contributed by atoms with van der Waals surface area (Å²) in [6, 6.07) is 7.94. The first-order valence-electron chi connectivity index (χ1n) is 5.64. The summed E-state index contributed by atoms with van der Waals surface area (Å²) in [4.78, 5) is 8.32. The first kappa shape index (κ1) is 14.9. The molecule has 5 nitrogen and oxygen atoms in total. The van der Waals surface area contributed by atoms with Crippen LogP contribution in [0.15, 0.2) is 40.7 Å². The second-order valence-electron chi connectivity index (χ2n) is 4.06. The molecule has 0 fully saturated rings. The van der Waals surface area contributed by atoms with E-state index in [4.69, 9.17) is 11.6 Å². The average Bonchev–Trinajstić information content (AvgIpc) is 2.89. The number of pyridine rings is 1. The lowest BCUT2D eigenvalue weighted by atomic mass is 10.3. The van der Waals surface area contributed by atoms with Gasteiger partial charge in [-0.05, 0) is 52.9 Å². The fourth-order valence-electron chi connectivity index (χ4n) is 1.69. The van der Waals surface area contributed by atoms with Gasteiger partial charge >= 0.3 is 0 Å². The Hall–Kier alpha value is -0.970. The van der Waals surface area contributed by atoms with Gasteiger partial charge in [0.1, 0.15) is 8.85 Å². The molecule has 2 aromatic heterocycles. The Morgan fingerprint density at radius 1 is 1.24 bits per heavy atom. The summed E-state index contributed by atoms with van der Waals surface area (Å²) < 4.78 is 28.7. The van der Waals surface area contributed by atoms with Crippen LogP contribution in [0.2, 0.25) is 5.15 Å². The zero-order valence-corrected chi connectivity index (χ0v) is 14.8. The number of rotatable bonds is 3. The summed E-state index contributed by atoms with van der Waals surface area (Å²) in [5.74, 6) is 0. The fraction of sp³-hybridized carbons (Fsp3) is 0. The van der Waals surface area contributed by atoms with Crippen LogP contribution in [0, 0.1) is 3.70 Å². The summed E-state index contributed by atoms with van der Waals surface area (Å²) in [5, 5.41) is 0.313. The molecule has 21 heavy (non-hydrogen) atoms.